The van der Waals surface area contributed by atoms with E-state index in [0.717, 1.165) is 11.3 Å². The highest BCUT2D eigenvalue weighted by atomic mass is 32.1. The number of hydrogen-bond donors (Lipinski definition) is 1. The van der Waals surface area contributed by atoms with Crippen molar-refractivity contribution in [1.82, 2.24) is 9.97 Å². The van der Waals surface area contributed by atoms with Gasteiger partial charge in [-0.15, -0.1) is 11.3 Å². The molecule has 1 N–H and O–H groups in total. The maximum atomic E-state index is 13.1. The predicted molar refractivity (Wildman–Crippen MR) is 95.4 cm³/mol. The Hall–Kier alpha value is -3.13. The molecule has 3 rings (SSSR count). The van der Waals surface area contributed by atoms with Crippen LogP contribution in [-0.2, 0) is 9.53 Å². The van der Waals surface area contributed by atoms with E-state index in [2.05, 4.69) is 15.3 Å². The number of rotatable bonds is 5. The molecule has 0 spiro atoms. The van der Waals surface area contributed by atoms with Crippen molar-refractivity contribution in [3.63, 3.8) is 0 Å². The maximum absolute atomic E-state index is 13.1. The van der Waals surface area contributed by atoms with Crippen LogP contribution in [0.3, 0.4) is 0 Å². The fraction of sp³-hybridized carbons (Fsp3) is 0.111. The fourth-order valence-electron chi connectivity index (χ4n) is 2.14. The quantitative estimate of drug-likeness (QED) is 0.695. The molecule has 132 valence electrons. The van der Waals surface area contributed by atoms with Gasteiger partial charge in [0.1, 0.15) is 15.7 Å². The Kier molecular flexibility index (Phi) is 5.33. The van der Waals surface area contributed by atoms with Crippen molar-refractivity contribution < 1.29 is 18.7 Å². The van der Waals surface area contributed by atoms with Crippen molar-refractivity contribution in [1.29, 1.82) is 0 Å². The normalized spacial score (nSPS) is 10.4. The molecular formula is C18H14FN3O3S. The van der Waals surface area contributed by atoms with Crippen LogP contribution in [0.4, 0.5) is 10.1 Å². The second kappa shape index (κ2) is 7.83. The van der Waals surface area contributed by atoms with Crippen LogP contribution >= 0.6 is 11.3 Å². The number of carbonyl (C=O) groups excluding carboxylic acids is 2. The molecule has 2 aromatic heterocycles. The van der Waals surface area contributed by atoms with E-state index in [0.29, 0.717) is 21.3 Å². The number of nitrogens with zero attached hydrogens (tertiary/aromatic N) is 2. The topological polar surface area (TPSA) is 81.2 Å². The molecule has 8 heteroatoms. The lowest BCUT2D eigenvalue weighted by Gasteiger charge is -2.06. The first-order valence-corrected chi connectivity index (χ1v) is 8.46. The molecule has 0 aliphatic carbocycles. The van der Waals surface area contributed by atoms with E-state index in [1.165, 1.54) is 24.3 Å². The van der Waals surface area contributed by atoms with E-state index in [4.69, 9.17) is 4.74 Å². The summed E-state index contributed by atoms with van der Waals surface area (Å²) in [6.07, 6.45) is 1.64. The standard InChI is InChI=1S/C18H14FN3O3S/c1-11-16(26-17(21-11)14-7-2-3-8-20-14)18(24)25-10-15(23)22-13-6-4-5-12(19)9-13/h2-9H,10H2,1H3,(H,22,23). The van der Waals surface area contributed by atoms with Gasteiger partial charge < -0.3 is 10.1 Å². The number of ether oxygens (including phenoxy) is 1. The van der Waals surface area contributed by atoms with Gasteiger partial charge in [0.15, 0.2) is 6.61 Å². The molecule has 0 bridgehead atoms. The fourth-order valence-corrected chi connectivity index (χ4v) is 3.08. The Morgan fingerprint density at radius 1 is 1.23 bits per heavy atom. The second-order valence-electron chi connectivity index (χ2n) is 5.28. The van der Waals surface area contributed by atoms with Gasteiger partial charge in [0.05, 0.1) is 11.4 Å². The number of pyridine rings is 1. The summed E-state index contributed by atoms with van der Waals surface area (Å²) < 4.78 is 18.1. The van der Waals surface area contributed by atoms with E-state index < -0.39 is 24.3 Å². The summed E-state index contributed by atoms with van der Waals surface area (Å²) in [4.78, 5) is 32.9. The molecule has 0 saturated carbocycles. The molecule has 3 aromatic rings. The van der Waals surface area contributed by atoms with Gasteiger partial charge in [-0.3, -0.25) is 9.78 Å². The van der Waals surface area contributed by atoms with Crippen molar-refractivity contribution in [2.24, 2.45) is 0 Å². The van der Waals surface area contributed by atoms with Crippen LogP contribution in [0.5, 0.6) is 0 Å². The largest absolute Gasteiger partial charge is 0.451 e. The summed E-state index contributed by atoms with van der Waals surface area (Å²) in [5.41, 5.74) is 1.45. The summed E-state index contributed by atoms with van der Waals surface area (Å²) in [6.45, 7) is 1.21. The maximum Gasteiger partial charge on any atom is 0.350 e. The van der Waals surface area contributed by atoms with Gasteiger partial charge in [-0.1, -0.05) is 12.1 Å². The van der Waals surface area contributed by atoms with Crippen molar-refractivity contribution in [3.05, 3.63) is 65.0 Å². The monoisotopic (exact) mass is 371 g/mol. The SMILES string of the molecule is Cc1nc(-c2ccccn2)sc1C(=O)OCC(=O)Nc1cccc(F)c1. The zero-order valence-corrected chi connectivity index (χ0v) is 14.5. The van der Waals surface area contributed by atoms with E-state index in [1.807, 2.05) is 6.07 Å². The molecule has 6 nitrogen and oxygen atoms in total. The molecule has 0 radical (unpaired) electrons. The lowest BCUT2D eigenvalue weighted by Crippen LogP contribution is -2.20. The Morgan fingerprint density at radius 3 is 2.81 bits per heavy atom. The highest BCUT2D eigenvalue weighted by Gasteiger charge is 2.19. The van der Waals surface area contributed by atoms with Crippen molar-refractivity contribution in [2.45, 2.75) is 6.92 Å². The van der Waals surface area contributed by atoms with Crippen molar-refractivity contribution in [2.75, 3.05) is 11.9 Å². The van der Waals surface area contributed by atoms with Gasteiger partial charge >= 0.3 is 5.97 Å². The highest BCUT2D eigenvalue weighted by Crippen LogP contribution is 2.26. The number of thiazole rings is 1. The Bertz CT molecular complexity index is 944. The third-order valence-corrected chi connectivity index (χ3v) is 4.47. The molecule has 2 heterocycles. The number of amides is 1. The van der Waals surface area contributed by atoms with Gasteiger partial charge in [-0.2, -0.15) is 0 Å². The van der Waals surface area contributed by atoms with Crippen LogP contribution in [-0.4, -0.2) is 28.5 Å². The molecule has 0 fully saturated rings. The first-order chi connectivity index (χ1) is 12.5. The first kappa shape index (κ1) is 17.7. The Morgan fingerprint density at radius 2 is 2.08 bits per heavy atom. The van der Waals surface area contributed by atoms with Gasteiger partial charge in [0, 0.05) is 11.9 Å². The average molecular weight is 371 g/mol. The molecule has 1 amide bonds. The number of anilines is 1. The number of nitrogens with one attached hydrogen (secondary N) is 1. The van der Waals surface area contributed by atoms with E-state index in [-0.39, 0.29) is 5.69 Å². The molecule has 0 atom stereocenters. The van der Waals surface area contributed by atoms with Crippen molar-refractivity contribution in [3.8, 4) is 10.7 Å². The minimum atomic E-state index is -0.642. The Balaban J connectivity index is 1.61. The predicted octanol–water partition coefficient (Wildman–Crippen LogP) is 3.45. The van der Waals surface area contributed by atoms with Gasteiger partial charge in [0.2, 0.25) is 0 Å². The van der Waals surface area contributed by atoms with Crippen LogP contribution < -0.4 is 5.32 Å². The number of aryl methyl sites for hydroxylation is 1. The van der Waals surface area contributed by atoms with Gasteiger partial charge in [-0.25, -0.2) is 14.2 Å². The lowest BCUT2D eigenvalue weighted by molar-refractivity contribution is -0.119. The van der Waals surface area contributed by atoms with Gasteiger partial charge in [0.25, 0.3) is 5.91 Å². The van der Waals surface area contributed by atoms with Crippen molar-refractivity contribution >= 4 is 28.9 Å². The number of esters is 1. The minimum absolute atomic E-state index is 0.289. The zero-order valence-electron chi connectivity index (χ0n) is 13.7. The van der Waals surface area contributed by atoms with Crippen LogP contribution in [0.1, 0.15) is 15.4 Å². The number of hydrogen-bond acceptors (Lipinski definition) is 6. The van der Waals surface area contributed by atoms with E-state index in [1.54, 1.807) is 25.3 Å². The van der Waals surface area contributed by atoms with Crippen LogP contribution in [0.15, 0.2) is 48.7 Å². The molecule has 0 aliphatic rings. The van der Waals surface area contributed by atoms with Gasteiger partial charge in [-0.05, 0) is 37.3 Å². The molecule has 0 saturated heterocycles. The number of aromatic nitrogens is 2. The zero-order chi connectivity index (χ0) is 18.5. The molecule has 0 unspecified atom stereocenters. The number of carbonyl (C=O) groups is 2. The van der Waals surface area contributed by atoms with Crippen LogP contribution in [0, 0.1) is 12.7 Å². The van der Waals surface area contributed by atoms with Crippen LogP contribution in [0.25, 0.3) is 10.7 Å². The average Bonchev–Trinajstić information content (AvgIpc) is 3.02. The molecule has 1 aromatic carbocycles. The number of benzene rings is 1. The highest BCUT2D eigenvalue weighted by molar-refractivity contribution is 7.17. The summed E-state index contributed by atoms with van der Waals surface area (Å²) in [5, 5.41) is 3.05. The van der Waals surface area contributed by atoms with E-state index in [9.17, 15) is 14.0 Å². The third-order valence-electron chi connectivity index (χ3n) is 3.31. The summed E-state index contributed by atoms with van der Waals surface area (Å²) in [7, 11) is 0. The summed E-state index contributed by atoms with van der Waals surface area (Å²) >= 11 is 1.15. The first-order valence-electron chi connectivity index (χ1n) is 7.64. The smallest absolute Gasteiger partial charge is 0.350 e. The Labute approximate surface area is 152 Å². The lowest BCUT2D eigenvalue weighted by atomic mass is 10.3. The molecule has 26 heavy (non-hydrogen) atoms. The molecular weight excluding hydrogens is 357 g/mol. The summed E-state index contributed by atoms with van der Waals surface area (Å²) in [5.74, 6) is -1.67. The summed E-state index contributed by atoms with van der Waals surface area (Å²) in [6, 6.07) is 10.9. The molecule has 0 aliphatic heterocycles. The van der Waals surface area contributed by atoms with E-state index >= 15 is 0 Å². The third kappa shape index (κ3) is 4.28. The second-order valence-corrected chi connectivity index (χ2v) is 6.28. The van der Waals surface area contributed by atoms with Crippen LogP contribution in [0.2, 0.25) is 0 Å². The minimum Gasteiger partial charge on any atom is -0.451 e. The number of halogens is 1.